The predicted octanol–water partition coefficient (Wildman–Crippen LogP) is 2.89. The van der Waals surface area contributed by atoms with E-state index in [1.165, 1.54) is 6.42 Å². The second-order valence-corrected chi connectivity index (χ2v) is 9.47. The van der Waals surface area contributed by atoms with Crippen LogP contribution in [0.4, 0.5) is 0 Å². The number of amides is 2. The molecule has 2 heterocycles. The third-order valence-electron chi connectivity index (χ3n) is 5.59. The van der Waals surface area contributed by atoms with E-state index >= 15 is 0 Å². The van der Waals surface area contributed by atoms with Gasteiger partial charge in [0, 0.05) is 13.1 Å². The molecule has 0 aromatic rings. The Labute approximate surface area is 159 Å². The van der Waals surface area contributed by atoms with Crippen molar-refractivity contribution in [1.29, 1.82) is 0 Å². The van der Waals surface area contributed by atoms with Crippen LogP contribution >= 0.6 is 0 Å². The molecule has 5 nitrogen and oxygen atoms in total. The second-order valence-electron chi connectivity index (χ2n) is 9.47. The number of nitrogens with zero attached hydrogens (tertiary/aromatic N) is 2. The van der Waals surface area contributed by atoms with Gasteiger partial charge >= 0.3 is 0 Å². The molecule has 2 aliphatic heterocycles. The number of carbonyl (C=O) groups is 2. The van der Waals surface area contributed by atoms with Crippen molar-refractivity contribution in [3.63, 3.8) is 0 Å². The van der Waals surface area contributed by atoms with Crippen molar-refractivity contribution in [3.8, 4) is 0 Å². The molecule has 2 rings (SSSR count). The number of carbonyl (C=O) groups excluding carboxylic acids is 2. The van der Waals surface area contributed by atoms with Gasteiger partial charge in [-0.2, -0.15) is 0 Å². The quantitative estimate of drug-likeness (QED) is 0.719. The zero-order chi connectivity index (χ0) is 19.4. The van der Waals surface area contributed by atoms with Gasteiger partial charge in [0.25, 0.3) is 0 Å². The summed E-state index contributed by atoms with van der Waals surface area (Å²) in [5.74, 6) is 1.76. The van der Waals surface area contributed by atoms with Gasteiger partial charge < -0.3 is 10.2 Å². The van der Waals surface area contributed by atoms with Crippen molar-refractivity contribution in [2.45, 2.75) is 85.4 Å². The van der Waals surface area contributed by atoms with E-state index in [-0.39, 0.29) is 29.9 Å². The SMILES string of the molecule is CC(C)CCCN1C[C@H]2CNC(=O)[C@H](CC(C)C)N2C(=O)[C@@H]1CC(C)C. The Morgan fingerprint density at radius 2 is 1.58 bits per heavy atom. The van der Waals surface area contributed by atoms with Crippen LogP contribution in [-0.4, -0.2) is 59.4 Å². The van der Waals surface area contributed by atoms with Gasteiger partial charge in [-0.3, -0.25) is 14.5 Å². The third kappa shape index (κ3) is 5.21. The lowest BCUT2D eigenvalue weighted by atomic mass is 9.90. The third-order valence-corrected chi connectivity index (χ3v) is 5.59. The molecule has 0 bridgehead atoms. The minimum Gasteiger partial charge on any atom is -0.352 e. The molecule has 3 atom stereocenters. The van der Waals surface area contributed by atoms with E-state index in [0.717, 1.165) is 32.4 Å². The van der Waals surface area contributed by atoms with Gasteiger partial charge in [-0.1, -0.05) is 41.5 Å². The van der Waals surface area contributed by atoms with Crippen LogP contribution < -0.4 is 5.32 Å². The molecule has 0 aromatic heterocycles. The Hall–Kier alpha value is -1.10. The fraction of sp³-hybridized carbons (Fsp3) is 0.905. The highest BCUT2D eigenvalue weighted by atomic mass is 16.2. The molecule has 2 amide bonds. The van der Waals surface area contributed by atoms with E-state index in [4.69, 9.17) is 0 Å². The smallest absolute Gasteiger partial charge is 0.242 e. The van der Waals surface area contributed by atoms with Gasteiger partial charge in [-0.05, 0) is 50.0 Å². The number of hydrogen-bond donors (Lipinski definition) is 1. The zero-order valence-corrected chi connectivity index (χ0v) is 17.6. The van der Waals surface area contributed by atoms with E-state index in [2.05, 4.69) is 51.8 Å². The number of rotatable bonds is 8. The maximum absolute atomic E-state index is 13.4. The molecule has 1 N–H and O–H groups in total. The lowest BCUT2D eigenvalue weighted by Gasteiger charge is -2.51. The number of fused-ring (bicyclic) bond motifs is 1. The summed E-state index contributed by atoms with van der Waals surface area (Å²) < 4.78 is 0. The van der Waals surface area contributed by atoms with Crippen molar-refractivity contribution >= 4 is 11.8 Å². The van der Waals surface area contributed by atoms with Crippen LogP contribution in [-0.2, 0) is 9.59 Å². The average molecular weight is 366 g/mol. The molecule has 0 spiro atoms. The molecule has 2 fully saturated rings. The highest BCUT2D eigenvalue weighted by Crippen LogP contribution is 2.28. The van der Waals surface area contributed by atoms with Crippen LogP contribution in [0.3, 0.4) is 0 Å². The van der Waals surface area contributed by atoms with Crippen LogP contribution in [0.5, 0.6) is 0 Å². The topological polar surface area (TPSA) is 52.7 Å². The van der Waals surface area contributed by atoms with Crippen molar-refractivity contribution in [3.05, 3.63) is 0 Å². The van der Waals surface area contributed by atoms with Gasteiger partial charge in [0.15, 0.2) is 0 Å². The Morgan fingerprint density at radius 3 is 2.15 bits per heavy atom. The summed E-state index contributed by atoms with van der Waals surface area (Å²) in [6, 6.07) is -0.251. The lowest BCUT2D eigenvalue weighted by Crippen LogP contribution is -2.72. The Kier molecular flexibility index (Phi) is 7.51. The molecule has 0 unspecified atom stereocenters. The molecular formula is C21H39N3O2. The van der Waals surface area contributed by atoms with Crippen LogP contribution in [0.15, 0.2) is 0 Å². The zero-order valence-electron chi connectivity index (χ0n) is 17.6. The second kappa shape index (κ2) is 9.20. The molecule has 0 radical (unpaired) electrons. The molecule has 5 heteroatoms. The van der Waals surface area contributed by atoms with E-state index < -0.39 is 0 Å². The first-order valence-electron chi connectivity index (χ1n) is 10.5. The molecule has 150 valence electrons. The van der Waals surface area contributed by atoms with Crippen molar-refractivity contribution in [2.24, 2.45) is 17.8 Å². The average Bonchev–Trinajstić information content (AvgIpc) is 2.52. The summed E-state index contributed by atoms with van der Waals surface area (Å²) in [6.45, 7) is 15.6. The van der Waals surface area contributed by atoms with Crippen LogP contribution in [0, 0.1) is 17.8 Å². The molecule has 0 aromatic carbocycles. The summed E-state index contributed by atoms with van der Waals surface area (Å²) in [7, 11) is 0. The first kappa shape index (κ1) is 21.2. The Bertz CT molecular complexity index is 490. The molecule has 0 saturated carbocycles. The van der Waals surface area contributed by atoms with E-state index in [1.807, 2.05) is 4.90 Å². The van der Waals surface area contributed by atoms with Gasteiger partial charge in [-0.15, -0.1) is 0 Å². The van der Waals surface area contributed by atoms with Gasteiger partial charge in [-0.25, -0.2) is 0 Å². The van der Waals surface area contributed by atoms with E-state index in [9.17, 15) is 9.59 Å². The van der Waals surface area contributed by atoms with Crippen LogP contribution in [0.25, 0.3) is 0 Å². The number of piperazine rings is 2. The van der Waals surface area contributed by atoms with Crippen LogP contribution in [0.1, 0.15) is 67.2 Å². The van der Waals surface area contributed by atoms with Gasteiger partial charge in [0.05, 0.1) is 12.1 Å². The summed E-state index contributed by atoms with van der Waals surface area (Å²) in [6.07, 6.45) is 3.95. The Morgan fingerprint density at radius 1 is 0.962 bits per heavy atom. The van der Waals surface area contributed by atoms with Crippen molar-refractivity contribution in [1.82, 2.24) is 15.1 Å². The first-order chi connectivity index (χ1) is 12.2. The predicted molar refractivity (Wildman–Crippen MR) is 106 cm³/mol. The Balaban J connectivity index is 2.18. The number of hydrogen-bond acceptors (Lipinski definition) is 3. The summed E-state index contributed by atoms with van der Waals surface area (Å²) >= 11 is 0. The van der Waals surface area contributed by atoms with E-state index in [1.54, 1.807) is 0 Å². The molecule has 2 saturated heterocycles. The van der Waals surface area contributed by atoms with Gasteiger partial charge in [0.1, 0.15) is 6.04 Å². The number of nitrogens with one attached hydrogen (secondary N) is 1. The summed E-state index contributed by atoms with van der Waals surface area (Å²) in [5.41, 5.74) is 0. The maximum Gasteiger partial charge on any atom is 0.242 e. The highest BCUT2D eigenvalue weighted by molar-refractivity contribution is 5.92. The van der Waals surface area contributed by atoms with Gasteiger partial charge in [0.2, 0.25) is 11.8 Å². The fourth-order valence-corrected chi connectivity index (χ4v) is 4.34. The largest absolute Gasteiger partial charge is 0.352 e. The van der Waals surface area contributed by atoms with Crippen molar-refractivity contribution < 1.29 is 9.59 Å². The fourth-order valence-electron chi connectivity index (χ4n) is 4.34. The summed E-state index contributed by atoms with van der Waals surface area (Å²) in [4.78, 5) is 30.3. The highest BCUT2D eigenvalue weighted by Gasteiger charge is 2.47. The minimum atomic E-state index is -0.297. The minimum absolute atomic E-state index is 0.0276. The lowest BCUT2D eigenvalue weighted by molar-refractivity contribution is -0.159. The standard InChI is InChI=1S/C21H39N3O2/c1-14(2)8-7-9-23-13-17-12-22-20(25)18(10-15(3)4)24(17)21(26)19(23)11-16(5)6/h14-19H,7-13H2,1-6H3,(H,22,25)/t17-,18+,19+/m1/s1. The molecule has 26 heavy (non-hydrogen) atoms. The molecule has 2 aliphatic rings. The summed E-state index contributed by atoms with van der Waals surface area (Å²) in [5, 5.41) is 3.05. The van der Waals surface area contributed by atoms with E-state index in [0.29, 0.717) is 24.3 Å². The first-order valence-corrected chi connectivity index (χ1v) is 10.5. The maximum atomic E-state index is 13.4. The monoisotopic (exact) mass is 365 g/mol. The molecule has 0 aliphatic carbocycles. The normalized spacial score (nSPS) is 27.4. The molecular weight excluding hydrogens is 326 g/mol. The van der Waals surface area contributed by atoms with Crippen LogP contribution in [0.2, 0.25) is 0 Å². The van der Waals surface area contributed by atoms with Crippen molar-refractivity contribution in [2.75, 3.05) is 19.6 Å².